The molecule has 2 aromatic rings. The van der Waals surface area contributed by atoms with Gasteiger partial charge in [0.1, 0.15) is 5.76 Å². The first-order valence-electron chi connectivity index (χ1n) is 7.29. The summed E-state index contributed by atoms with van der Waals surface area (Å²) in [6, 6.07) is 14.1. The van der Waals surface area contributed by atoms with E-state index in [9.17, 15) is 9.90 Å². The molecule has 3 rings (SSSR count). The Labute approximate surface area is 129 Å². The summed E-state index contributed by atoms with van der Waals surface area (Å²) < 4.78 is 5.56. The number of hydrogen-bond acceptors (Lipinski definition) is 2. The van der Waals surface area contributed by atoms with Gasteiger partial charge in [0, 0.05) is 5.56 Å². The van der Waals surface area contributed by atoms with Crippen molar-refractivity contribution in [3.8, 4) is 0 Å². The van der Waals surface area contributed by atoms with Crippen molar-refractivity contribution in [1.82, 2.24) is 0 Å². The molecule has 1 aliphatic rings. The van der Waals surface area contributed by atoms with E-state index in [1.54, 1.807) is 14.0 Å². The van der Waals surface area contributed by atoms with Crippen LogP contribution in [0.25, 0.3) is 11.8 Å². The van der Waals surface area contributed by atoms with E-state index in [1.807, 2.05) is 36.4 Å². The van der Waals surface area contributed by atoms with Gasteiger partial charge >= 0.3 is 5.97 Å². The Morgan fingerprint density at radius 3 is 2.68 bits per heavy atom. The summed E-state index contributed by atoms with van der Waals surface area (Å²) in [4.78, 5) is 11.2. The van der Waals surface area contributed by atoms with Crippen molar-refractivity contribution in [3.63, 3.8) is 0 Å². The standard InChI is InChI=1S/C19H18O3/c1-12(19(20)21)13-7-8-16-9-14-5-3-4-6-15(14)11-18(22-2)17(16)10-13/h3-8,10-12H,9H2,1-2H3,(H,20,21). The lowest BCUT2D eigenvalue weighted by molar-refractivity contribution is -0.138. The number of fused-ring (bicyclic) bond motifs is 2. The molecule has 0 fully saturated rings. The maximum atomic E-state index is 11.2. The van der Waals surface area contributed by atoms with Gasteiger partial charge in [0.25, 0.3) is 0 Å². The van der Waals surface area contributed by atoms with E-state index < -0.39 is 11.9 Å². The fourth-order valence-corrected chi connectivity index (χ4v) is 2.82. The molecule has 0 aromatic heterocycles. The van der Waals surface area contributed by atoms with Crippen LogP contribution in [0.4, 0.5) is 0 Å². The van der Waals surface area contributed by atoms with E-state index in [4.69, 9.17) is 4.74 Å². The number of hydrogen-bond donors (Lipinski definition) is 1. The molecule has 3 nitrogen and oxygen atoms in total. The Morgan fingerprint density at radius 1 is 1.18 bits per heavy atom. The topological polar surface area (TPSA) is 46.5 Å². The van der Waals surface area contributed by atoms with E-state index >= 15 is 0 Å². The molecule has 0 heterocycles. The number of benzene rings is 2. The van der Waals surface area contributed by atoms with Crippen molar-refractivity contribution in [2.45, 2.75) is 19.3 Å². The van der Waals surface area contributed by atoms with Crippen molar-refractivity contribution in [3.05, 3.63) is 70.3 Å². The monoisotopic (exact) mass is 294 g/mol. The van der Waals surface area contributed by atoms with Gasteiger partial charge in [-0.1, -0.05) is 36.4 Å². The highest BCUT2D eigenvalue weighted by Crippen LogP contribution is 2.32. The average Bonchev–Trinajstić information content (AvgIpc) is 2.69. The lowest BCUT2D eigenvalue weighted by Crippen LogP contribution is -2.08. The molecule has 1 aliphatic carbocycles. The molecule has 112 valence electrons. The van der Waals surface area contributed by atoms with Crippen LogP contribution in [-0.2, 0) is 16.0 Å². The minimum atomic E-state index is -0.820. The van der Waals surface area contributed by atoms with E-state index in [2.05, 4.69) is 12.1 Å². The molecule has 3 heteroatoms. The van der Waals surface area contributed by atoms with Gasteiger partial charge < -0.3 is 9.84 Å². The lowest BCUT2D eigenvalue weighted by atomic mass is 9.93. The molecule has 0 saturated heterocycles. The van der Waals surface area contributed by atoms with Crippen LogP contribution in [0.5, 0.6) is 0 Å². The maximum absolute atomic E-state index is 11.2. The Morgan fingerprint density at radius 2 is 1.95 bits per heavy atom. The third kappa shape index (κ3) is 2.50. The Balaban J connectivity index is 2.14. The number of carbonyl (C=O) groups is 1. The summed E-state index contributed by atoms with van der Waals surface area (Å²) in [7, 11) is 1.65. The van der Waals surface area contributed by atoms with Gasteiger partial charge in [-0.2, -0.15) is 0 Å². The summed E-state index contributed by atoms with van der Waals surface area (Å²) >= 11 is 0. The highest BCUT2D eigenvalue weighted by molar-refractivity contribution is 5.83. The molecule has 0 radical (unpaired) electrons. The van der Waals surface area contributed by atoms with Gasteiger partial charge in [-0.25, -0.2) is 0 Å². The first-order valence-corrected chi connectivity index (χ1v) is 7.29. The van der Waals surface area contributed by atoms with E-state index in [1.165, 1.54) is 5.56 Å². The van der Waals surface area contributed by atoms with Crippen molar-refractivity contribution >= 4 is 17.8 Å². The second kappa shape index (κ2) is 5.68. The van der Waals surface area contributed by atoms with E-state index in [0.717, 1.165) is 34.4 Å². The van der Waals surface area contributed by atoms with Gasteiger partial charge in [0.2, 0.25) is 0 Å². The molecular weight excluding hydrogens is 276 g/mol. The van der Waals surface area contributed by atoms with Gasteiger partial charge in [-0.3, -0.25) is 4.79 Å². The molecule has 2 aromatic carbocycles. The fourth-order valence-electron chi connectivity index (χ4n) is 2.82. The highest BCUT2D eigenvalue weighted by Gasteiger charge is 2.19. The van der Waals surface area contributed by atoms with Gasteiger partial charge in [-0.05, 0) is 47.7 Å². The van der Waals surface area contributed by atoms with Crippen molar-refractivity contribution < 1.29 is 14.6 Å². The van der Waals surface area contributed by atoms with Crippen molar-refractivity contribution in [1.29, 1.82) is 0 Å². The summed E-state index contributed by atoms with van der Waals surface area (Å²) in [6.07, 6.45) is 2.84. The Hall–Kier alpha value is -2.55. The highest BCUT2D eigenvalue weighted by atomic mass is 16.5. The SMILES string of the molecule is COC1=Cc2ccccc2Cc2ccc(C(C)C(=O)O)cc21. The fraction of sp³-hybridized carbons (Fsp3) is 0.211. The summed E-state index contributed by atoms with van der Waals surface area (Å²) in [5.41, 5.74) is 5.31. The number of aliphatic carboxylic acids is 1. The molecule has 1 unspecified atom stereocenters. The predicted molar refractivity (Wildman–Crippen MR) is 86.6 cm³/mol. The van der Waals surface area contributed by atoms with Gasteiger partial charge in [0.15, 0.2) is 0 Å². The van der Waals surface area contributed by atoms with Crippen LogP contribution in [0.2, 0.25) is 0 Å². The zero-order valence-corrected chi connectivity index (χ0v) is 12.7. The van der Waals surface area contributed by atoms with Crippen molar-refractivity contribution in [2.75, 3.05) is 7.11 Å². The number of methoxy groups -OCH3 is 1. The van der Waals surface area contributed by atoms with Gasteiger partial charge in [-0.15, -0.1) is 0 Å². The third-order valence-electron chi connectivity index (χ3n) is 4.21. The van der Waals surface area contributed by atoms with E-state index in [0.29, 0.717) is 0 Å². The molecule has 1 N–H and O–H groups in total. The summed E-state index contributed by atoms with van der Waals surface area (Å²) in [6.45, 7) is 1.70. The summed E-state index contributed by atoms with van der Waals surface area (Å²) in [5.74, 6) is -0.576. The number of ether oxygens (including phenoxy) is 1. The quantitative estimate of drug-likeness (QED) is 0.933. The number of carboxylic acid groups (broad SMARTS) is 1. The first-order chi connectivity index (χ1) is 10.6. The molecule has 0 bridgehead atoms. The lowest BCUT2D eigenvalue weighted by Gasteiger charge is -2.14. The molecule has 0 saturated carbocycles. The Bertz CT molecular complexity index is 759. The summed E-state index contributed by atoms with van der Waals surface area (Å²) in [5, 5.41) is 9.21. The van der Waals surface area contributed by atoms with Crippen LogP contribution in [0.3, 0.4) is 0 Å². The van der Waals surface area contributed by atoms with Crippen LogP contribution < -0.4 is 0 Å². The van der Waals surface area contributed by atoms with Crippen LogP contribution in [0.1, 0.15) is 40.7 Å². The predicted octanol–water partition coefficient (Wildman–Crippen LogP) is 3.92. The normalized spacial score (nSPS) is 14.2. The van der Waals surface area contributed by atoms with Crippen LogP contribution in [0, 0.1) is 0 Å². The second-order valence-corrected chi connectivity index (χ2v) is 5.56. The minimum Gasteiger partial charge on any atom is -0.496 e. The molecular formula is C19H18O3. The smallest absolute Gasteiger partial charge is 0.310 e. The maximum Gasteiger partial charge on any atom is 0.310 e. The van der Waals surface area contributed by atoms with Crippen LogP contribution >= 0.6 is 0 Å². The zero-order valence-electron chi connectivity index (χ0n) is 12.7. The molecule has 1 atom stereocenters. The van der Waals surface area contributed by atoms with Crippen LogP contribution in [0.15, 0.2) is 42.5 Å². The molecule has 0 aliphatic heterocycles. The zero-order chi connectivity index (χ0) is 15.7. The van der Waals surface area contributed by atoms with Gasteiger partial charge in [0.05, 0.1) is 13.0 Å². The Kier molecular flexibility index (Phi) is 3.72. The molecule has 22 heavy (non-hydrogen) atoms. The average molecular weight is 294 g/mol. The second-order valence-electron chi connectivity index (χ2n) is 5.56. The molecule has 0 spiro atoms. The third-order valence-corrected chi connectivity index (χ3v) is 4.21. The van der Waals surface area contributed by atoms with Crippen molar-refractivity contribution in [2.24, 2.45) is 0 Å². The van der Waals surface area contributed by atoms with Crippen LogP contribution in [-0.4, -0.2) is 18.2 Å². The largest absolute Gasteiger partial charge is 0.496 e. The number of rotatable bonds is 3. The minimum absolute atomic E-state index is 0.533. The first kappa shape index (κ1) is 14.4. The molecule has 0 amide bonds. The van der Waals surface area contributed by atoms with E-state index in [-0.39, 0.29) is 0 Å². The number of carboxylic acids is 1.